The highest BCUT2D eigenvalue weighted by atomic mass is 32.1. The largest absolute Gasteiger partial charge is 0.481 e. The van der Waals surface area contributed by atoms with E-state index >= 15 is 0 Å². The number of carbonyl (C=O) groups excluding carboxylic acids is 3. The second-order valence-electron chi connectivity index (χ2n) is 5.27. The molecule has 0 aliphatic rings. The van der Waals surface area contributed by atoms with Crippen molar-refractivity contribution in [3.63, 3.8) is 0 Å². The molecule has 13 heteroatoms. The van der Waals surface area contributed by atoms with E-state index in [1.807, 2.05) is 5.32 Å². The van der Waals surface area contributed by atoms with Gasteiger partial charge in [0.05, 0.1) is 19.1 Å². The van der Waals surface area contributed by atoms with Gasteiger partial charge in [0.1, 0.15) is 18.1 Å². The summed E-state index contributed by atoms with van der Waals surface area (Å²) >= 11 is 3.90. The minimum atomic E-state index is -1.67. The van der Waals surface area contributed by atoms with Crippen molar-refractivity contribution in [2.75, 3.05) is 12.4 Å². The molecule has 0 aliphatic heterocycles. The van der Waals surface area contributed by atoms with Gasteiger partial charge in [-0.05, 0) is 6.92 Å². The number of rotatable bonds is 11. The molecule has 0 radical (unpaired) electrons. The Morgan fingerprint density at radius 2 is 1.38 bits per heavy atom. The molecule has 3 amide bonds. The first-order valence-corrected chi connectivity index (χ1v) is 7.99. The summed E-state index contributed by atoms with van der Waals surface area (Å²) < 4.78 is 0. The molecule has 0 bridgehead atoms. The highest BCUT2D eigenvalue weighted by Crippen LogP contribution is 1.98. The van der Waals surface area contributed by atoms with E-state index in [4.69, 9.17) is 21.1 Å². The van der Waals surface area contributed by atoms with Gasteiger partial charge in [-0.3, -0.25) is 19.2 Å². The third-order valence-corrected chi connectivity index (χ3v) is 3.40. The van der Waals surface area contributed by atoms with E-state index in [-0.39, 0.29) is 5.75 Å². The summed E-state index contributed by atoms with van der Waals surface area (Å²) in [5, 5.41) is 32.8. The number of aliphatic carboxylic acids is 2. The molecule has 0 saturated carbocycles. The highest BCUT2D eigenvalue weighted by Gasteiger charge is 2.30. The van der Waals surface area contributed by atoms with Crippen LogP contribution < -0.4 is 21.7 Å². The van der Waals surface area contributed by atoms with E-state index in [0.29, 0.717) is 0 Å². The topological polar surface area (TPSA) is 208 Å². The summed E-state index contributed by atoms with van der Waals surface area (Å²) in [6, 6.07) is -5.42. The lowest BCUT2D eigenvalue weighted by Crippen LogP contribution is -2.58. The third kappa shape index (κ3) is 8.13. The van der Waals surface area contributed by atoms with E-state index < -0.39 is 66.9 Å². The second-order valence-corrected chi connectivity index (χ2v) is 5.64. The van der Waals surface area contributed by atoms with Crippen LogP contribution in [0.4, 0.5) is 0 Å². The van der Waals surface area contributed by atoms with E-state index in [9.17, 15) is 24.0 Å². The van der Waals surface area contributed by atoms with Crippen LogP contribution in [-0.2, 0) is 24.0 Å². The minimum Gasteiger partial charge on any atom is -0.481 e. The fourth-order valence-electron chi connectivity index (χ4n) is 1.61. The summed E-state index contributed by atoms with van der Waals surface area (Å²) in [5.41, 5.74) is 5.36. The number of hydrogen-bond acceptors (Lipinski definition) is 8. The first-order chi connectivity index (χ1) is 12.0. The van der Waals surface area contributed by atoms with E-state index in [0.717, 1.165) is 0 Å². The summed E-state index contributed by atoms with van der Waals surface area (Å²) in [4.78, 5) is 57.5. The molecule has 0 saturated heterocycles. The van der Waals surface area contributed by atoms with Crippen LogP contribution in [0.1, 0.15) is 13.3 Å². The number of nitrogens with two attached hydrogens (primary N) is 1. The van der Waals surface area contributed by atoms with E-state index in [2.05, 4.69) is 23.3 Å². The van der Waals surface area contributed by atoms with Gasteiger partial charge in [-0.25, -0.2) is 4.79 Å². The van der Waals surface area contributed by atoms with Crippen LogP contribution in [0, 0.1) is 0 Å². The quantitative estimate of drug-likeness (QED) is 0.162. The summed E-state index contributed by atoms with van der Waals surface area (Å²) in [6.45, 7) is 0.447. The predicted octanol–water partition coefficient (Wildman–Crippen LogP) is -3.73. The molecule has 4 atom stereocenters. The van der Waals surface area contributed by atoms with Crippen molar-refractivity contribution in [2.24, 2.45) is 5.73 Å². The minimum absolute atomic E-state index is 0.167. The van der Waals surface area contributed by atoms with Gasteiger partial charge in [-0.15, -0.1) is 0 Å². The number of amides is 3. The molecule has 26 heavy (non-hydrogen) atoms. The van der Waals surface area contributed by atoms with Crippen LogP contribution in [0.3, 0.4) is 0 Å². The molecular weight excluding hydrogens is 372 g/mol. The first kappa shape index (κ1) is 23.6. The number of carbonyl (C=O) groups is 5. The number of thiol groups is 1. The molecule has 0 aliphatic carbocycles. The van der Waals surface area contributed by atoms with Gasteiger partial charge in [-0.1, -0.05) is 0 Å². The maximum absolute atomic E-state index is 12.2. The van der Waals surface area contributed by atoms with Crippen LogP contribution in [0.15, 0.2) is 0 Å². The Kier molecular flexibility index (Phi) is 10.2. The maximum atomic E-state index is 12.2. The van der Waals surface area contributed by atoms with Crippen molar-refractivity contribution >= 4 is 42.3 Å². The molecule has 0 aromatic carbocycles. The van der Waals surface area contributed by atoms with Crippen molar-refractivity contribution in [1.29, 1.82) is 0 Å². The van der Waals surface area contributed by atoms with Gasteiger partial charge in [0.2, 0.25) is 17.7 Å². The number of carboxylic acid groups (broad SMARTS) is 2. The predicted molar refractivity (Wildman–Crippen MR) is 90.3 cm³/mol. The SMILES string of the molecule is CC(N)C(=O)NC(CS)C(=O)NC(CC(=O)O)C(=O)NC(CO)C(=O)O. The van der Waals surface area contributed by atoms with Gasteiger partial charge in [0.15, 0.2) is 0 Å². The van der Waals surface area contributed by atoms with Crippen LogP contribution in [0.5, 0.6) is 0 Å². The number of carboxylic acids is 2. The average molecular weight is 394 g/mol. The number of aliphatic hydroxyl groups is 1. The van der Waals surface area contributed by atoms with Crippen LogP contribution >= 0.6 is 12.6 Å². The van der Waals surface area contributed by atoms with Crippen molar-refractivity contribution in [1.82, 2.24) is 16.0 Å². The fraction of sp³-hybridized carbons (Fsp3) is 0.615. The molecule has 0 aromatic rings. The molecule has 0 spiro atoms. The van der Waals surface area contributed by atoms with Gasteiger partial charge in [0.25, 0.3) is 0 Å². The van der Waals surface area contributed by atoms with Gasteiger partial charge in [0, 0.05) is 5.75 Å². The molecule has 0 rings (SSSR count). The molecular formula is C13H22N4O8S. The molecule has 4 unspecified atom stereocenters. The van der Waals surface area contributed by atoms with Crippen molar-refractivity contribution in [3.8, 4) is 0 Å². The lowest BCUT2D eigenvalue weighted by atomic mass is 10.1. The Hall–Kier alpha value is -2.38. The third-order valence-electron chi connectivity index (χ3n) is 3.04. The van der Waals surface area contributed by atoms with Crippen LogP contribution in [0.25, 0.3) is 0 Å². The Bertz CT molecular complexity index is 556. The lowest BCUT2D eigenvalue weighted by molar-refractivity contribution is -0.144. The standard InChI is InChI=1S/C13H22N4O8S/c1-5(14)10(21)17-8(4-26)12(23)15-6(2-9(19)20)11(22)16-7(3-18)13(24)25/h5-8,18,26H,2-4,14H2,1H3,(H,15,23)(H,16,22)(H,17,21)(H,19,20)(H,24,25). The van der Waals surface area contributed by atoms with Crippen molar-refractivity contribution in [2.45, 2.75) is 37.5 Å². The average Bonchev–Trinajstić information content (AvgIpc) is 2.55. The zero-order valence-corrected chi connectivity index (χ0v) is 14.7. The highest BCUT2D eigenvalue weighted by molar-refractivity contribution is 7.80. The Labute approximate surface area is 153 Å². The Morgan fingerprint density at radius 3 is 1.77 bits per heavy atom. The van der Waals surface area contributed by atoms with Gasteiger partial charge >= 0.3 is 11.9 Å². The van der Waals surface area contributed by atoms with Gasteiger partial charge < -0.3 is 37.0 Å². The normalized spacial score (nSPS) is 15.1. The van der Waals surface area contributed by atoms with Gasteiger partial charge in [-0.2, -0.15) is 12.6 Å². The van der Waals surface area contributed by atoms with Crippen LogP contribution in [-0.4, -0.2) is 81.5 Å². The molecule has 12 nitrogen and oxygen atoms in total. The summed E-state index contributed by atoms with van der Waals surface area (Å²) in [5.74, 6) is -5.85. The van der Waals surface area contributed by atoms with Crippen molar-refractivity contribution in [3.05, 3.63) is 0 Å². The summed E-state index contributed by atoms with van der Waals surface area (Å²) in [7, 11) is 0. The fourth-order valence-corrected chi connectivity index (χ4v) is 1.87. The second kappa shape index (κ2) is 11.3. The number of hydrogen-bond donors (Lipinski definition) is 8. The number of aliphatic hydroxyl groups excluding tert-OH is 1. The molecule has 8 N–H and O–H groups in total. The smallest absolute Gasteiger partial charge is 0.328 e. The lowest BCUT2D eigenvalue weighted by Gasteiger charge is -2.23. The maximum Gasteiger partial charge on any atom is 0.328 e. The Morgan fingerprint density at radius 1 is 0.923 bits per heavy atom. The number of nitrogens with one attached hydrogen (secondary N) is 3. The molecule has 0 aromatic heterocycles. The zero-order valence-electron chi connectivity index (χ0n) is 13.8. The zero-order chi connectivity index (χ0) is 20.4. The molecule has 148 valence electrons. The van der Waals surface area contributed by atoms with E-state index in [1.165, 1.54) is 6.92 Å². The molecule has 0 heterocycles. The van der Waals surface area contributed by atoms with E-state index in [1.54, 1.807) is 0 Å². The first-order valence-electron chi connectivity index (χ1n) is 7.36. The molecule has 0 fully saturated rings. The summed E-state index contributed by atoms with van der Waals surface area (Å²) in [6.07, 6.45) is -0.851. The van der Waals surface area contributed by atoms with Crippen LogP contribution in [0.2, 0.25) is 0 Å². The van der Waals surface area contributed by atoms with Crippen molar-refractivity contribution < 1.29 is 39.3 Å². The Balaban J connectivity index is 5.15. The monoisotopic (exact) mass is 394 g/mol.